The molecule has 3 aromatic rings. The van der Waals surface area contributed by atoms with E-state index in [1.165, 1.54) is 42.5 Å². The van der Waals surface area contributed by atoms with Gasteiger partial charge in [-0.1, -0.05) is 24.4 Å². The Hall–Kier alpha value is -1.85. The van der Waals surface area contributed by atoms with Crippen molar-refractivity contribution in [2.75, 3.05) is 19.3 Å². The van der Waals surface area contributed by atoms with Crippen LogP contribution < -0.4 is 0 Å². The summed E-state index contributed by atoms with van der Waals surface area (Å²) in [6, 6.07) is 11.2. The van der Waals surface area contributed by atoms with E-state index < -0.39 is 0 Å². The topological polar surface area (TPSA) is 34.0 Å². The quantitative estimate of drug-likeness (QED) is 0.663. The highest BCUT2D eigenvalue weighted by atomic mass is 32.2. The maximum Gasteiger partial charge on any atom is 0.0961 e. The molecule has 1 fully saturated rings. The molecule has 1 aromatic carbocycles. The molecule has 0 radical (unpaired) electrons. The van der Waals surface area contributed by atoms with Crippen molar-refractivity contribution in [2.24, 2.45) is 0 Å². The molecule has 2 aromatic heterocycles. The number of aromatic nitrogens is 3. The largest absolute Gasteiger partial charge is 0.326 e. The van der Waals surface area contributed by atoms with Gasteiger partial charge in [-0.05, 0) is 54.5 Å². The van der Waals surface area contributed by atoms with Crippen molar-refractivity contribution in [3.05, 3.63) is 49.1 Å². The molecule has 1 aliphatic heterocycles. The van der Waals surface area contributed by atoms with Crippen LogP contribution in [-0.4, -0.2) is 38.2 Å². The Morgan fingerprint density at radius 1 is 1.08 bits per heavy atom. The lowest BCUT2D eigenvalue weighted by atomic mass is 10.1. The van der Waals surface area contributed by atoms with Crippen molar-refractivity contribution >= 4 is 23.0 Å². The monoisotopic (exact) mass is 338 g/mol. The fourth-order valence-electron chi connectivity index (χ4n) is 3.52. The Morgan fingerprint density at radius 2 is 1.96 bits per heavy atom. The smallest absolute Gasteiger partial charge is 0.0961 e. The van der Waals surface area contributed by atoms with E-state index >= 15 is 0 Å². The van der Waals surface area contributed by atoms with Crippen molar-refractivity contribution in [2.45, 2.75) is 25.3 Å². The molecule has 0 N–H and O–H groups in total. The van der Waals surface area contributed by atoms with E-state index in [0.717, 1.165) is 12.1 Å². The van der Waals surface area contributed by atoms with E-state index in [4.69, 9.17) is 0 Å². The summed E-state index contributed by atoms with van der Waals surface area (Å²) in [6.45, 7) is 2.28. The van der Waals surface area contributed by atoms with Crippen LogP contribution in [0.5, 0.6) is 0 Å². The number of hydrogen-bond acceptors (Lipinski definition) is 4. The molecular weight excluding hydrogens is 316 g/mol. The van der Waals surface area contributed by atoms with Crippen LogP contribution in [0.3, 0.4) is 0 Å². The van der Waals surface area contributed by atoms with Crippen molar-refractivity contribution < 1.29 is 0 Å². The molecule has 0 saturated carbocycles. The molecule has 1 atom stereocenters. The minimum Gasteiger partial charge on any atom is -0.326 e. The van der Waals surface area contributed by atoms with Gasteiger partial charge in [0.05, 0.1) is 17.4 Å². The molecule has 0 bridgehead atoms. The molecule has 1 unspecified atom stereocenters. The molecule has 24 heavy (non-hydrogen) atoms. The van der Waals surface area contributed by atoms with Crippen LogP contribution in [0.2, 0.25) is 0 Å². The third kappa shape index (κ3) is 3.06. The van der Waals surface area contributed by atoms with Gasteiger partial charge in [0.1, 0.15) is 0 Å². The summed E-state index contributed by atoms with van der Waals surface area (Å²) in [5.74, 6) is 0. The molecule has 3 heterocycles. The van der Waals surface area contributed by atoms with Crippen molar-refractivity contribution in [1.29, 1.82) is 0 Å². The molecule has 0 spiro atoms. The Balaban J connectivity index is 1.73. The van der Waals surface area contributed by atoms with Gasteiger partial charge < -0.3 is 4.57 Å². The van der Waals surface area contributed by atoms with Crippen molar-refractivity contribution in [3.63, 3.8) is 0 Å². The molecule has 1 saturated heterocycles. The lowest BCUT2D eigenvalue weighted by Gasteiger charge is -2.23. The third-order valence-corrected chi connectivity index (χ3v) is 5.70. The van der Waals surface area contributed by atoms with E-state index in [2.05, 4.69) is 55.4 Å². The number of benzene rings is 1. The zero-order chi connectivity index (χ0) is 16.4. The maximum atomic E-state index is 4.64. The summed E-state index contributed by atoms with van der Waals surface area (Å²) < 4.78 is 4.87. The first-order chi connectivity index (χ1) is 11.8. The average Bonchev–Trinajstić information content (AvgIpc) is 2.91. The second-order valence-electron chi connectivity index (χ2n) is 6.31. The fourth-order valence-corrected chi connectivity index (χ4v) is 4.15. The first kappa shape index (κ1) is 15.7. The Labute approximate surface area is 147 Å². The van der Waals surface area contributed by atoms with Gasteiger partial charge in [-0.15, -0.1) is 0 Å². The first-order valence-electron chi connectivity index (χ1n) is 8.51. The van der Waals surface area contributed by atoms with E-state index in [9.17, 15) is 0 Å². The molecule has 0 amide bonds. The minimum atomic E-state index is 0.498. The van der Waals surface area contributed by atoms with Crippen molar-refractivity contribution in [1.82, 2.24) is 18.8 Å². The standard InChI is InChI=1S/C19H22N4S/c1-24-22-11-3-2-4-17(13-22)23-14-21-18-6-5-16(12-19(18)23)15-7-9-20-10-8-15/h5-10,12,14,17H,2-4,11,13H2,1H3. The average molecular weight is 338 g/mol. The van der Waals surface area contributed by atoms with Gasteiger partial charge in [0.15, 0.2) is 0 Å². The minimum absolute atomic E-state index is 0.498. The van der Waals surface area contributed by atoms with Crippen molar-refractivity contribution in [3.8, 4) is 11.1 Å². The normalized spacial score (nSPS) is 19.5. The lowest BCUT2D eigenvalue weighted by Crippen LogP contribution is -2.23. The Kier molecular flexibility index (Phi) is 4.54. The molecule has 0 aliphatic carbocycles. The first-order valence-corrected chi connectivity index (χ1v) is 9.69. The zero-order valence-electron chi connectivity index (χ0n) is 13.9. The molecule has 4 nitrogen and oxygen atoms in total. The lowest BCUT2D eigenvalue weighted by molar-refractivity contribution is 0.396. The van der Waals surface area contributed by atoms with Crippen LogP contribution in [0, 0.1) is 0 Å². The molecule has 4 rings (SSSR count). The Bertz CT molecular complexity index is 815. The highest BCUT2D eigenvalue weighted by Crippen LogP contribution is 2.30. The second-order valence-corrected chi connectivity index (χ2v) is 7.19. The SMILES string of the molecule is CSN1CCCCC(n2cnc3ccc(-c4ccncc4)cc32)C1. The van der Waals surface area contributed by atoms with Gasteiger partial charge in [-0.25, -0.2) is 9.29 Å². The van der Waals surface area contributed by atoms with E-state index in [-0.39, 0.29) is 0 Å². The summed E-state index contributed by atoms with van der Waals surface area (Å²) >= 11 is 1.86. The summed E-state index contributed by atoms with van der Waals surface area (Å²) in [5.41, 5.74) is 4.73. The molecule has 1 aliphatic rings. The molecule has 124 valence electrons. The second kappa shape index (κ2) is 6.95. The summed E-state index contributed by atoms with van der Waals surface area (Å²) in [4.78, 5) is 8.75. The fraction of sp³-hybridized carbons (Fsp3) is 0.368. The summed E-state index contributed by atoms with van der Waals surface area (Å²) in [7, 11) is 0. The van der Waals surface area contributed by atoms with Gasteiger partial charge in [-0.2, -0.15) is 0 Å². The zero-order valence-corrected chi connectivity index (χ0v) is 14.7. The van der Waals surface area contributed by atoms with Gasteiger partial charge in [0.25, 0.3) is 0 Å². The molecular formula is C19H22N4S. The van der Waals surface area contributed by atoms with E-state index in [0.29, 0.717) is 6.04 Å². The Morgan fingerprint density at radius 3 is 2.79 bits per heavy atom. The highest BCUT2D eigenvalue weighted by molar-refractivity contribution is 7.96. The molecule has 5 heteroatoms. The van der Waals surface area contributed by atoms with Gasteiger partial charge in [0.2, 0.25) is 0 Å². The summed E-state index contributed by atoms with van der Waals surface area (Å²) in [6.07, 6.45) is 11.7. The number of fused-ring (bicyclic) bond motifs is 1. The van der Waals surface area contributed by atoms with Gasteiger partial charge >= 0.3 is 0 Å². The van der Waals surface area contributed by atoms with Gasteiger partial charge in [-0.3, -0.25) is 4.98 Å². The third-order valence-electron chi connectivity index (χ3n) is 4.85. The van der Waals surface area contributed by atoms with E-state index in [1.54, 1.807) is 0 Å². The van der Waals surface area contributed by atoms with Crippen LogP contribution in [0.25, 0.3) is 22.2 Å². The van der Waals surface area contributed by atoms with Crippen LogP contribution >= 0.6 is 11.9 Å². The maximum absolute atomic E-state index is 4.64. The highest BCUT2D eigenvalue weighted by Gasteiger charge is 2.20. The predicted molar refractivity (Wildman–Crippen MR) is 101 cm³/mol. The number of pyridine rings is 1. The number of nitrogens with zero attached hydrogens (tertiary/aromatic N) is 4. The van der Waals surface area contributed by atoms with Gasteiger partial charge in [0, 0.05) is 31.5 Å². The number of rotatable bonds is 3. The number of imidazole rings is 1. The number of hydrogen-bond donors (Lipinski definition) is 0. The van der Waals surface area contributed by atoms with Crippen LogP contribution in [0.15, 0.2) is 49.1 Å². The van der Waals surface area contributed by atoms with Crippen LogP contribution in [0.1, 0.15) is 25.3 Å². The van der Waals surface area contributed by atoms with E-state index in [1.807, 2.05) is 30.7 Å². The summed E-state index contributed by atoms with van der Waals surface area (Å²) in [5, 5.41) is 0. The predicted octanol–water partition coefficient (Wildman–Crippen LogP) is 4.40. The van der Waals surface area contributed by atoms with Crippen LogP contribution in [0.4, 0.5) is 0 Å². The van der Waals surface area contributed by atoms with Crippen LogP contribution in [-0.2, 0) is 0 Å².